The predicted octanol–water partition coefficient (Wildman–Crippen LogP) is 3.17. The molecule has 1 aromatic heterocycles. The molecule has 102 valence electrons. The molecule has 0 aliphatic carbocycles. The van der Waals surface area contributed by atoms with Crippen LogP contribution < -0.4 is 5.32 Å². The number of rotatable bonds is 7. The Morgan fingerprint density at radius 3 is 2.68 bits per heavy atom. The molecule has 1 heterocycles. The van der Waals surface area contributed by atoms with Gasteiger partial charge in [0.2, 0.25) is 0 Å². The highest BCUT2D eigenvalue weighted by atomic mass is 32.2. The largest absolute Gasteiger partial charge is 0.337 e. The van der Waals surface area contributed by atoms with Crippen LogP contribution in [0.2, 0.25) is 0 Å². The Kier molecular flexibility index (Phi) is 5.48. The fraction of sp³-hybridized carbons (Fsp3) is 0.400. The third-order valence-corrected chi connectivity index (χ3v) is 3.81. The smallest absolute Gasteiger partial charge is 0.0946 e. The van der Waals surface area contributed by atoms with Gasteiger partial charge in [-0.1, -0.05) is 26.0 Å². The Hall–Kier alpha value is -1.26. The third-order valence-electron chi connectivity index (χ3n) is 2.82. The van der Waals surface area contributed by atoms with Crippen molar-refractivity contribution >= 4 is 11.8 Å². The zero-order chi connectivity index (χ0) is 13.5. The van der Waals surface area contributed by atoms with Crippen LogP contribution in [0.5, 0.6) is 0 Å². The molecule has 3 nitrogen and oxygen atoms in total. The zero-order valence-electron chi connectivity index (χ0n) is 11.5. The van der Waals surface area contributed by atoms with E-state index in [1.54, 1.807) is 0 Å². The lowest BCUT2D eigenvalue weighted by atomic mass is 10.2. The number of aryl methyl sites for hydroxylation is 1. The van der Waals surface area contributed by atoms with Crippen LogP contribution in [0, 0.1) is 0 Å². The van der Waals surface area contributed by atoms with Gasteiger partial charge in [0.25, 0.3) is 0 Å². The molecule has 0 saturated carbocycles. The van der Waals surface area contributed by atoms with Crippen molar-refractivity contribution in [2.24, 2.45) is 0 Å². The van der Waals surface area contributed by atoms with Crippen LogP contribution >= 0.6 is 11.8 Å². The van der Waals surface area contributed by atoms with Crippen LogP contribution in [0.4, 0.5) is 0 Å². The van der Waals surface area contributed by atoms with E-state index >= 15 is 0 Å². The molecule has 0 atom stereocenters. The average Bonchev–Trinajstić information content (AvgIpc) is 2.91. The normalized spacial score (nSPS) is 11.1. The van der Waals surface area contributed by atoms with Crippen LogP contribution in [0.3, 0.4) is 0 Å². The second-order valence-corrected chi connectivity index (χ2v) is 6.00. The first-order valence-corrected chi connectivity index (χ1v) is 7.63. The molecule has 0 aliphatic heterocycles. The fourth-order valence-corrected chi connectivity index (χ4v) is 2.58. The Balaban J connectivity index is 1.75. The zero-order valence-corrected chi connectivity index (χ0v) is 12.4. The highest BCUT2D eigenvalue weighted by molar-refractivity contribution is 7.99. The third kappa shape index (κ3) is 5.09. The lowest BCUT2D eigenvalue weighted by Crippen LogP contribution is -2.21. The molecule has 0 saturated heterocycles. The van der Waals surface area contributed by atoms with Gasteiger partial charge >= 0.3 is 0 Å². The molecule has 0 aliphatic rings. The van der Waals surface area contributed by atoms with Gasteiger partial charge in [-0.2, -0.15) is 0 Å². The van der Waals surface area contributed by atoms with E-state index in [1.807, 2.05) is 30.5 Å². The first-order valence-electron chi connectivity index (χ1n) is 6.65. The van der Waals surface area contributed by atoms with Crippen molar-refractivity contribution in [3.8, 4) is 0 Å². The van der Waals surface area contributed by atoms with Crippen LogP contribution in [-0.4, -0.2) is 21.3 Å². The van der Waals surface area contributed by atoms with Crippen molar-refractivity contribution in [2.45, 2.75) is 37.9 Å². The van der Waals surface area contributed by atoms with E-state index in [1.165, 1.54) is 10.5 Å². The van der Waals surface area contributed by atoms with Gasteiger partial charge in [-0.3, -0.25) is 0 Å². The average molecular weight is 275 g/mol. The van der Waals surface area contributed by atoms with Crippen LogP contribution in [-0.2, 0) is 13.1 Å². The molecule has 2 aromatic rings. The fourth-order valence-electron chi connectivity index (χ4n) is 1.71. The number of thioether (sulfide) groups is 1. The molecular formula is C15H21N3S. The summed E-state index contributed by atoms with van der Waals surface area (Å²) in [6.45, 7) is 6.28. The number of nitrogens with one attached hydrogen (secondary N) is 1. The molecule has 1 aromatic carbocycles. The van der Waals surface area contributed by atoms with Crippen LogP contribution in [0.25, 0.3) is 0 Å². The summed E-state index contributed by atoms with van der Waals surface area (Å²) in [6, 6.07) is 9.35. The molecule has 0 unspecified atom stereocenters. The summed E-state index contributed by atoms with van der Waals surface area (Å²) in [4.78, 5) is 5.37. The quantitative estimate of drug-likeness (QED) is 0.787. The molecule has 0 radical (unpaired) electrons. The first-order chi connectivity index (χ1) is 9.24. The van der Waals surface area contributed by atoms with Gasteiger partial charge in [0.15, 0.2) is 0 Å². The maximum Gasteiger partial charge on any atom is 0.0946 e. The number of aromatic nitrogens is 2. The van der Waals surface area contributed by atoms with E-state index in [0.29, 0.717) is 6.04 Å². The maximum absolute atomic E-state index is 4.04. The van der Waals surface area contributed by atoms with Gasteiger partial charge < -0.3 is 9.88 Å². The van der Waals surface area contributed by atoms with Crippen molar-refractivity contribution in [1.29, 1.82) is 0 Å². The molecule has 2 rings (SSSR count). The first kappa shape index (κ1) is 14.2. The minimum Gasteiger partial charge on any atom is -0.337 e. The summed E-state index contributed by atoms with van der Waals surface area (Å²) in [7, 11) is 0. The number of hydrogen-bond acceptors (Lipinski definition) is 3. The highest BCUT2D eigenvalue weighted by Gasteiger charge is 1.98. The Labute approximate surface area is 119 Å². The molecule has 1 N–H and O–H groups in total. The van der Waals surface area contributed by atoms with Gasteiger partial charge in [-0.25, -0.2) is 4.98 Å². The number of benzene rings is 1. The molecule has 0 spiro atoms. The molecule has 4 heteroatoms. The summed E-state index contributed by atoms with van der Waals surface area (Å²) in [5.74, 6) is 1.07. The van der Waals surface area contributed by atoms with Crippen molar-refractivity contribution in [3.05, 3.63) is 48.5 Å². The Morgan fingerprint density at radius 2 is 2.05 bits per heavy atom. The van der Waals surface area contributed by atoms with Gasteiger partial charge in [-0.15, -0.1) is 11.8 Å². The van der Waals surface area contributed by atoms with E-state index in [9.17, 15) is 0 Å². The van der Waals surface area contributed by atoms with E-state index < -0.39 is 0 Å². The Bertz CT molecular complexity index is 463. The van der Waals surface area contributed by atoms with E-state index in [2.05, 4.69) is 53.0 Å². The highest BCUT2D eigenvalue weighted by Crippen LogP contribution is 2.18. The molecular weight excluding hydrogens is 254 g/mol. The predicted molar refractivity (Wildman–Crippen MR) is 81.4 cm³/mol. The lowest BCUT2D eigenvalue weighted by molar-refractivity contribution is 0.588. The summed E-state index contributed by atoms with van der Waals surface area (Å²) >= 11 is 1.88. The molecule has 0 fully saturated rings. The van der Waals surface area contributed by atoms with Crippen LogP contribution in [0.1, 0.15) is 19.4 Å². The van der Waals surface area contributed by atoms with E-state index in [-0.39, 0.29) is 0 Å². The maximum atomic E-state index is 4.04. The number of imidazole rings is 1. The summed E-state index contributed by atoms with van der Waals surface area (Å²) in [5, 5.41) is 3.43. The van der Waals surface area contributed by atoms with Crippen molar-refractivity contribution in [1.82, 2.24) is 14.9 Å². The van der Waals surface area contributed by atoms with Gasteiger partial charge in [-0.05, 0) is 17.7 Å². The Morgan fingerprint density at radius 1 is 1.26 bits per heavy atom. The van der Waals surface area contributed by atoms with E-state index in [4.69, 9.17) is 0 Å². The molecule has 0 bridgehead atoms. The number of nitrogens with zero attached hydrogens (tertiary/aromatic N) is 2. The second-order valence-electron chi connectivity index (χ2n) is 4.83. The van der Waals surface area contributed by atoms with Crippen molar-refractivity contribution < 1.29 is 0 Å². The van der Waals surface area contributed by atoms with Crippen molar-refractivity contribution in [3.63, 3.8) is 0 Å². The summed E-state index contributed by atoms with van der Waals surface area (Å²) in [5.41, 5.74) is 1.34. The number of hydrogen-bond donors (Lipinski definition) is 1. The molecule has 0 amide bonds. The standard InChI is InChI=1S/C15H21N3S/c1-13(2)17-11-14-3-5-15(6-4-14)19-10-9-18-8-7-16-12-18/h3-8,12-13,17H,9-11H2,1-2H3. The summed E-state index contributed by atoms with van der Waals surface area (Å²) in [6.07, 6.45) is 5.68. The van der Waals surface area contributed by atoms with Gasteiger partial charge in [0.1, 0.15) is 0 Å². The molecule has 19 heavy (non-hydrogen) atoms. The second kappa shape index (κ2) is 7.36. The minimum absolute atomic E-state index is 0.532. The van der Waals surface area contributed by atoms with Gasteiger partial charge in [0, 0.05) is 42.2 Å². The SMILES string of the molecule is CC(C)NCc1ccc(SCCn2ccnc2)cc1. The van der Waals surface area contributed by atoms with E-state index in [0.717, 1.165) is 18.8 Å². The monoisotopic (exact) mass is 275 g/mol. The summed E-state index contributed by atoms with van der Waals surface area (Å²) < 4.78 is 2.11. The van der Waals surface area contributed by atoms with Gasteiger partial charge in [0.05, 0.1) is 6.33 Å². The lowest BCUT2D eigenvalue weighted by Gasteiger charge is -2.08. The van der Waals surface area contributed by atoms with Crippen molar-refractivity contribution in [2.75, 3.05) is 5.75 Å². The van der Waals surface area contributed by atoms with Crippen LogP contribution in [0.15, 0.2) is 47.9 Å². The minimum atomic E-state index is 0.532. The topological polar surface area (TPSA) is 29.9 Å².